The van der Waals surface area contributed by atoms with Gasteiger partial charge in [-0.3, -0.25) is 0 Å². The molecule has 0 bridgehead atoms. The lowest BCUT2D eigenvalue weighted by Gasteiger charge is -2.12. The molecule has 4 N–H and O–H groups in total. The summed E-state index contributed by atoms with van der Waals surface area (Å²) in [5.74, 6) is 5.78. The van der Waals surface area contributed by atoms with Crippen molar-refractivity contribution in [2.75, 3.05) is 25.4 Å². The van der Waals surface area contributed by atoms with Gasteiger partial charge < -0.3 is 20.9 Å². The fraction of sp³-hybridized carbons (Fsp3) is 0.316. The molecule has 1 aliphatic heterocycles. The number of nitrogens with zero attached hydrogens (tertiary/aromatic N) is 1. The van der Waals surface area contributed by atoms with Gasteiger partial charge >= 0.3 is 0 Å². The molecular formula is C19H18Cl2FN3O2. The number of β-amino-alcohol motifs (C(OH)–C–C–N with tert-alkyl or cyclic N) is 1. The second-order valence-electron chi connectivity index (χ2n) is 6.24. The Bertz CT molecular complexity index is 906. The van der Waals surface area contributed by atoms with Gasteiger partial charge in [0.15, 0.2) is 11.6 Å². The number of hydrogen-bond donors (Lipinski definition) is 3. The summed E-state index contributed by atoms with van der Waals surface area (Å²) in [6.45, 7) is 1.34. The van der Waals surface area contributed by atoms with Gasteiger partial charge in [-0.15, -0.1) is 0 Å². The first-order valence-electron chi connectivity index (χ1n) is 8.35. The molecule has 2 aromatic rings. The first-order chi connectivity index (χ1) is 12.9. The summed E-state index contributed by atoms with van der Waals surface area (Å²) in [5, 5.41) is 13.7. The number of hydrogen-bond acceptors (Lipinski definition) is 5. The number of aliphatic hydroxyl groups is 1. The molecule has 142 valence electrons. The minimum atomic E-state index is -1.03. The molecule has 0 radical (unpaired) electrons. The summed E-state index contributed by atoms with van der Waals surface area (Å²) in [7, 11) is 0. The normalized spacial score (nSPS) is 18.8. The third-order valence-corrected chi connectivity index (χ3v) is 4.97. The molecule has 0 amide bonds. The highest BCUT2D eigenvalue weighted by Gasteiger charge is 2.28. The Morgan fingerprint density at radius 2 is 2.22 bits per heavy atom. The van der Waals surface area contributed by atoms with Crippen molar-refractivity contribution in [2.24, 2.45) is 0 Å². The molecule has 1 aromatic carbocycles. The predicted octanol–water partition coefficient (Wildman–Crippen LogP) is 2.81. The third-order valence-electron chi connectivity index (χ3n) is 4.20. The topological polar surface area (TPSA) is 80.4 Å². The second-order valence-corrected chi connectivity index (χ2v) is 7.02. The van der Waals surface area contributed by atoms with Gasteiger partial charge in [0.05, 0.1) is 11.6 Å². The number of nitrogens with two attached hydrogens (primary N) is 1. The lowest BCUT2D eigenvalue weighted by atomic mass is 10.0. The van der Waals surface area contributed by atoms with E-state index in [0.29, 0.717) is 41.3 Å². The van der Waals surface area contributed by atoms with E-state index < -0.39 is 11.4 Å². The van der Waals surface area contributed by atoms with E-state index in [2.05, 4.69) is 22.1 Å². The molecule has 1 atom stereocenters. The van der Waals surface area contributed by atoms with Gasteiger partial charge in [0.25, 0.3) is 0 Å². The van der Waals surface area contributed by atoms with Crippen LogP contribution in [0.2, 0.25) is 10.0 Å². The van der Waals surface area contributed by atoms with E-state index in [4.69, 9.17) is 33.7 Å². The van der Waals surface area contributed by atoms with E-state index in [0.717, 1.165) is 6.54 Å². The van der Waals surface area contributed by atoms with Gasteiger partial charge in [-0.05, 0) is 24.2 Å². The van der Waals surface area contributed by atoms with Crippen molar-refractivity contribution in [3.8, 4) is 17.6 Å². The Morgan fingerprint density at radius 3 is 2.96 bits per heavy atom. The second kappa shape index (κ2) is 8.32. The SMILES string of the molecule is Nc1ncc(C#C[C@@]2(O)CCNC2)cc1OCCc1c(Cl)ccc(F)c1Cl. The van der Waals surface area contributed by atoms with Gasteiger partial charge in [-0.25, -0.2) is 9.37 Å². The maximum Gasteiger partial charge on any atom is 0.166 e. The highest BCUT2D eigenvalue weighted by Crippen LogP contribution is 2.28. The van der Waals surface area contributed by atoms with Crippen LogP contribution in [0.1, 0.15) is 17.5 Å². The number of rotatable bonds is 4. The summed E-state index contributed by atoms with van der Waals surface area (Å²) >= 11 is 12.0. The molecule has 5 nitrogen and oxygen atoms in total. The summed E-state index contributed by atoms with van der Waals surface area (Å²) in [6, 6.07) is 4.32. The van der Waals surface area contributed by atoms with Crippen molar-refractivity contribution in [3.63, 3.8) is 0 Å². The molecule has 1 aromatic heterocycles. The predicted molar refractivity (Wildman–Crippen MR) is 104 cm³/mol. The monoisotopic (exact) mass is 409 g/mol. The van der Waals surface area contributed by atoms with Crippen molar-refractivity contribution >= 4 is 29.0 Å². The minimum absolute atomic E-state index is 0.0183. The number of nitrogen functional groups attached to an aromatic ring is 1. The molecule has 0 aliphatic carbocycles. The maximum atomic E-state index is 13.6. The van der Waals surface area contributed by atoms with Crippen LogP contribution in [-0.2, 0) is 6.42 Å². The number of pyridine rings is 1. The molecule has 27 heavy (non-hydrogen) atoms. The fourth-order valence-corrected chi connectivity index (χ4v) is 3.23. The Balaban J connectivity index is 1.69. The van der Waals surface area contributed by atoms with Crippen molar-refractivity contribution in [2.45, 2.75) is 18.4 Å². The summed E-state index contributed by atoms with van der Waals surface area (Å²) < 4.78 is 19.2. The van der Waals surface area contributed by atoms with Crippen LogP contribution in [0.4, 0.5) is 10.2 Å². The largest absolute Gasteiger partial charge is 0.489 e. The summed E-state index contributed by atoms with van der Waals surface area (Å²) in [5.41, 5.74) is 5.85. The van der Waals surface area contributed by atoms with Crippen LogP contribution in [-0.4, -0.2) is 35.4 Å². The van der Waals surface area contributed by atoms with E-state index >= 15 is 0 Å². The Kier molecular flexibility index (Phi) is 6.08. The minimum Gasteiger partial charge on any atom is -0.489 e. The highest BCUT2D eigenvalue weighted by molar-refractivity contribution is 6.36. The van der Waals surface area contributed by atoms with E-state index in [1.807, 2.05) is 0 Å². The number of nitrogens with one attached hydrogen (secondary N) is 1. The first kappa shape index (κ1) is 19.7. The van der Waals surface area contributed by atoms with Crippen LogP contribution < -0.4 is 15.8 Å². The van der Waals surface area contributed by atoms with E-state index in [-0.39, 0.29) is 17.4 Å². The van der Waals surface area contributed by atoms with Crippen LogP contribution in [0, 0.1) is 17.7 Å². The molecule has 1 aliphatic rings. The van der Waals surface area contributed by atoms with Gasteiger partial charge in [0.1, 0.15) is 11.4 Å². The number of anilines is 1. The Hall–Kier alpha value is -2.04. The zero-order valence-electron chi connectivity index (χ0n) is 14.4. The molecular weight excluding hydrogens is 392 g/mol. The van der Waals surface area contributed by atoms with Crippen molar-refractivity contribution < 1.29 is 14.2 Å². The van der Waals surface area contributed by atoms with Crippen molar-refractivity contribution in [3.05, 3.63) is 51.4 Å². The zero-order valence-corrected chi connectivity index (χ0v) is 15.9. The lowest BCUT2D eigenvalue weighted by Crippen LogP contribution is -2.29. The van der Waals surface area contributed by atoms with Crippen LogP contribution >= 0.6 is 23.2 Å². The van der Waals surface area contributed by atoms with Gasteiger partial charge in [-0.2, -0.15) is 0 Å². The number of aromatic nitrogens is 1. The smallest absolute Gasteiger partial charge is 0.166 e. The quantitative estimate of drug-likeness (QED) is 0.534. The van der Waals surface area contributed by atoms with Crippen molar-refractivity contribution in [1.82, 2.24) is 10.3 Å². The van der Waals surface area contributed by atoms with E-state index in [1.54, 1.807) is 6.07 Å². The van der Waals surface area contributed by atoms with Crippen LogP contribution in [0.15, 0.2) is 24.4 Å². The average Bonchev–Trinajstić information content (AvgIpc) is 3.08. The van der Waals surface area contributed by atoms with Crippen LogP contribution in [0.25, 0.3) is 0 Å². The van der Waals surface area contributed by atoms with E-state index in [9.17, 15) is 9.50 Å². The third kappa shape index (κ3) is 4.82. The van der Waals surface area contributed by atoms with E-state index in [1.165, 1.54) is 18.3 Å². The van der Waals surface area contributed by atoms with Crippen molar-refractivity contribution in [1.29, 1.82) is 0 Å². The van der Waals surface area contributed by atoms with Gasteiger partial charge in [0.2, 0.25) is 0 Å². The number of benzene rings is 1. The molecule has 3 rings (SSSR count). The molecule has 0 saturated carbocycles. The lowest BCUT2D eigenvalue weighted by molar-refractivity contribution is 0.124. The average molecular weight is 410 g/mol. The van der Waals surface area contributed by atoms with Crippen LogP contribution in [0.3, 0.4) is 0 Å². The highest BCUT2D eigenvalue weighted by atomic mass is 35.5. The molecule has 2 heterocycles. The standard InChI is InChI=1S/C19H18Cl2FN3O2/c20-14-1-2-15(22)17(21)13(14)4-8-27-16-9-12(10-25-18(16)23)3-5-19(26)6-7-24-11-19/h1-2,9-10,24,26H,4,6-8,11H2,(H2,23,25)/t19-/m1/s1. The first-order valence-corrected chi connectivity index (χ1v) is 9.10. The summed E-state index contributed by atoms with van der Waals surface area (Å²) in [4.78, 5) is 4.06. The zero-order chi connectivity index (χ0) is 19.4. The molecule has 1 fully saturated rings. The Labute approximate surface area is 166 Å². The number of halogens is 3. The van der Waals surface area contributed by atoms with Crippen LogP contribution in [0.5, 0.6) is 5.75 Å². The van der Waals surface area contributed by atoms with Gasteiger partial charge in [0, 0.05) is 42.2 Å². The molecule has 0 unspecified atom stereocenters. The van der Waals surface area contributed by atoms with Gasteiger partial charge in [-0.1, -0.05) is 35.0 Å². The summed E-state index contributed by atoms with van der Waals surface area (Å²) in [6.07, 6.45) is 2.39. The molecule has 8 heteroatoms. The fourth-order valence-electron chi connectivity index (χ4n) is 2.67. The molecule has 0 spiro atoms. The Morgan fingerprint density at radius 1 is 1.41 bits per heavy atom. The molecule has 1 saturated heterocycles. The number of ether oxygens (including phenoxy) is 1. The maximum absolute atomic E-state index is 13.6.